The number of nitrogens with one attached hydrogen (secondary N) is 1. The van der Waals surface area contributed by atoms with Crippen LogP contribution < -0.4 is 10.1 Å². The molecular formula is C20H26N4O2. The lowest BCUT2D eigenvalue weighted by molar-refractivity contribution is -0.120. The summed E-state index contributed by atoms with van der Waals surface area (Å²) in [5, 5.41) is 3.01. The number of aryl methyl sites for hydroxylation is 1. The van der Waals surface area contributed by atoms with Crippen molar-refractivity contribution in [1.29, 1.82) is 0 Å². The number of methoxy groups -OCH3 is 1. The summed E-state index contributed by atoms with van der Waals surface area (Å²) in [5.74, 6) is 1.55. The van der Waals surface area contributed by atoms with Gasteiger partial charge in [0.1, 0.15) is 11.6 Å². The molecule has 3 rings (SSSR count). The van der Waals surface area contributed by atoms with Crippen LogP contribution in [0.3, 0.4) is 0 Å². The molecular weight excluding hydrogens is 328 g/mol. The molecule has 0 aliphatic carbocycles. The van der Waals surface area contributed by atoms with Crippen molar-refractivity contribution in [3.05, 3.63) is 53.1 Å². The second-order valence-electron chi connectivity index (χ2n) is 6.77. The van der Waals surface area contributed by atoms with E-state index in [0.29, 0.717) is 19.0 Å². The van der Waals surface area contributed by atoms with Crippen LogP contribution in [0, 0.1) is 6.92 Å². The van der Waals surface area contributed by atoms with Crippen molar-refractivity contribution in [3.63, 3.8) is 0 Å². The maximum atomic E-state index is 12.3. The monoisotopic (exact) mass is 354 g/mol. The third-order valence-electron chi connectivity index (χ3n) is 4.85. The number of carbonyl (C=O) groups is 1. The van der Waals surface area contributed by atoms with E-state index in [1.165, 1.54) is 6.42 Å². The van der Waals surface area contributed by atoms with E-state index in [0.717, 1.165) is 41.4 Å². The van der Waals surface area contributed by atoms with Crippen LogP contribution in [0.4, 0.5) is 0 Å². The Morgan fingerprint density at radius 3 is 2.77 bits per heavy atom. The van der Waals surface area contributed by atoms with Crippen LogP contribution in [0.1, 0.15) is 41.5 Å². The molecule has 1 saturated heterocycles. The summed E-state index contributed by atoms with van der Waals surface area (Å²) >= 11 is 0. The molecule has 1 aromatic heterocycles. The van der Waals surface area contributed by atoms with Gasteiger partial charge in [-0.15, -0.1) is 0 Å². The molecule has 138 valence electrons. The Kier molecular flexibility index (Phi) is 5.83. The van der Waals surface area contributed by atoms with Gasteiger partial charge in [0.25, 0.3) is 0 Å². The molecule has 1 amide bonds. The summed E-state index contributed by atoms with van der Waals surface area (Å²) in [6.45, 7) is 3.44. The van der Waals surface area contributed by atoms with Crippen LogP contribution in [-0.2, 0) is 17.8 Å². The molecule has 1 fully saturated rings. The van der Waals surface area contributed by atoms with Gasteiger partial charge in [-0.05, 0) is 51.1 Å². The van der Waals surface area contributed by atoms with Gasteiger partial charge in [-0.25, -0.2) is 9.97 Å². The van der Waals surface area contributed by atoms with Crippen molar-refractivity contribution in [2.45, 2.75) is 38.8 Å². The summed E-state index contributed by atoms with van der Waals surface area (Å²) < 4.78 is 5.14. The van der Waals surface area contributed by atoms with Gasteiger partial charge in [-0.1, -0.05) is 12.1 Å². The number of carbonyl (C=O) groups excluding carboxylic acids is 1. The van der Waals surface area contributed by atoms with E-state index >= 15 is 0 Å². The topological polar surface area (TPSA) is 67.3 Å². The molecule has 0 unspecified atom stereocenters. The molecule has 0 spiro atoms. The number of hydrogen-bond donors (Lipinski definition) is 1. The number of rotatable bonds is 6. The van der Waals surface area contributed by atoms with Crippen molar-refractivity contribution in [2.75, 3.05) is 20.7 Å². The average Bonchev–Trinajstić information content (AvgIpc) is 3.07. The third kappa shape index (κ3) is 4.38. The first kappa shape index (κ1) is 18.3. The molecule has 2 aromatic rings. The maximum absolute atomic E-state index is 12.3. The van der Waals surface area contributed by atoms with Gasteiger partial charge < -0.3 is 10.1 Å². The number of hydrogen-bond acceptors (Lipinski definition) is 5. The van der Waals surface area contributed by atoms with E-state index in [9.17, 15) is 4.79 Å². The molecule has 1 atom stereocenters. The van der Waals surface area contributed by atoms with Crippen LogP contribution in [0.5, 0.6) is 5.75 Å². The van der Waals surface area contributed by atoms with Crippen LogP contribution in [0.2, 0.25) is 0 Å². The lowest BCUT2D eigenvalue weighted by atomic mass is 10.1. The highest BCUT2D eigenvalue weighted by atomic mass is 16.5. The standard InChI is InChI=1S/C20H26N4O2/c1-14-21-12-16(20(23-14)18-5-4-10-24(18)2)13-22-19(25)11-15-6-8-17(26-3)9-7-15/h6-9,12,18H,4-5,10-11,13H2,1-3H3,(H,22,25)/t18-/m1/s1. The van der Waals surface area contributed by atoms with E-state index in [2.05, 4.69) is 27.2 Å². The number of aromatic nitrogens is 2. The Hall–Kier alpha value is -2.47. The molecule has 1 aromatic carbocycles. The zero-order valence-corrected chi connectivity index (χ0v) is 15.7. The Morgan fingerprint density at radius 1 is 1.35 bits per heavy atom. The largest absolute Gasteiger partial charge is 0.497 e. The fraction of sp³-hybridized carbons (Fsp3) is 0.450. The molecule has 2 heterocycles. The minimum absolute atomic E-state index is 0.0125. The minimum atomic E-state index is -0.0125. The molecule has 6 nitrogen and oxygen atoms in total. The lowest BCUT2D eigenvalue weighted by Gasteiger charge is -2.21. The smallest absolute Gasteiger partial charge is 0.224 e. The fourth-order valence-corrected chi connectivity index (χ4v) is 3.38. The van der Waals surface area contributed by atoms with E-state index in [-0.39, 0.29) is 5.91 Å². The van der Waals surface area contributed by atoms with E-state index < -0.39 is 0 Å². The molecule has 6 heteroatoms. The molecule has 0 saturated carbocycles. The molecule has 0 bridgehead atoms. The summed E-state index contributed by atoms with van der Waals surface area (Å²) in [4.78, 5) is 23.6. The first-order valence-electron chi connectivity index (χ1n) is 8.99. The quantitative estimate of drug-likeness (QED) is 0.863. The van der Waals surface area contributed by atoms with Gasteiger partial charge in [0.05, 0.1) is 25.3 Å². The van der Waals surface area contributed by atoms with Crippen molar-refractivity contribution in [2.24, 2.45) is 0 Å². The summed E-state index contributed by atoms with van der Waals surface area (Å²) in [6, 6.07) is 7.86. The Labute approximate surface area is 154 Å². The summed E-state index contributed by atoms with van der Waals surface area (Å²) in [7, 11) is 3.76. The predicted molar refractivity (Wildman–Crippen MR) is 99.9 cm³/mol. The number of amides is 1. The SMILES string of the molecule is COc1ccc(CC(=O)NCc2cnc(C)nc2[C@H]2CCCN2C)cc1. The minimum Gasteiger partial charge on any atom is -0.497 e. The Bertz CT molecular complexity index is 761. The van der Waals surface area contributed by atoms with E-state index in [1.54, 1.807) is 7.11 Å². The van der Waals surface area contributed by atoms with Crippen molar-refractivity contribution < 1.29 is 9.53 Å². The summed E-state index contributed by atoms with van der Waals surface area (Å²) in [5.41, 5.74) is 3.00. The second-order valence-corrected chi connectivity index (χ2v) is 6.77. The highest BCUT2D eigenvalue weighted by molar-refractivity contribution is 5.78. The zero-order chi connectivity index (χ0) is 18.5. The number of benzene rings is 1. The Morgan fingerprint density at radius 2 is 2.12 bits per heavy atom. The first-order chi connectivity index (χ1) is 12.6. The predicted octanol–water partition coefficient (Wildman–Crippen LogP) is 2.42. The van der Waals surface area contributed by atoms with Gasteiger partial charge in [-0.3, -0.25) is 9.69 Å². The van der Waals surface area contributed by atoms with Gasteiger partial charge in [0.2, 0.25) is 5.91 Å². The highest BCUT2D eigenvalue weighted by Crippen LogP contribution is 2.31. The maximum Gasteiger partial charge on any atom is 0.224 e. The number of likely N-dealkylation sites (tertiary alicyclic amines) is 1. The van der Waals surface area contributed by atoms with Crippen LogP contribution >= 0.6 is 0 Å². The number of nitrogens with zero attached hydrogens (tertiary/aromatic N) is 3. The molecule has 1 aliphatic rings. The average molecular weight is 354 g/mol. The van der Waals surface area contributed by atoms with Gasteiger partial charge in [-0.2, -0.15) is 0 Å². The van der Waals surface area contributed by atoms with Crippen molar-refractivity contribution in [3.8, 4) is 5.75 Å². The third-order valence-corrected chi connectivity index (χ3v) is 4.85. The van der Waals surface area contributed by atoms with Gasteiger partial charge >= 0.3 is 0 Å². The number of ether oxygens (including phenoxy) is 1. The highest BCUT2D eigenvalue weighted by Gasteiger charge is 2.26. The lowest BCUT2D eigenvalue weighted by Crippen LogP contribution is -2.27. The summed E-state index contributed by atoms with van der Waals surface area (Å²) in [6.07, 6.45) is 4.46. The Balaban J connectivity index is 1.64. The first-order valence-corrected chi connectivity index (χ1v) is 8.99. The van der Waals surface area contributed by atoms with Crippen molar-refractivity contribution >= 4 is 5.91 Å². The van der Waals surface area contributed by atoms with E-state index in [4.69, 9.17) is 4.74 Å². The van der Waals surface area contributed by atoms with Crippen LogP contribution in [0.25, 0.3) is 0 Å². The molecule has 0 radical (unpaired) electrons. The normalized spacial score (nSPS) is 17.3. The van der Waals surface area contributed by atoms with Crippen molar-refractivity contribution in [1.82, 2.24) is 20.2 Å². The van der Waals surface area contributed by atoms with E-state index in [1.807, 2.05) is 37.4 Å². The van der Waals surface area contributed by atoms with Crippen LogP contribution in [0.15, 0.2) is 30.5 Å². The van der Waals surface area contributed by atoms with Crippen LogP contribution in [-0.4, -0.2) is 41.5 Å². The van der Waals surface area contributed by atoms with Gasteiger partial charge in [0, 0.05) is 18.3 Å². The van der Waals surface area contributed by atoms with Gasteiger partial charge in [0.15, 0.2) is 0 Å². The zero-order valence-electron chi connectivity index (χ0n) is 15.7. The second kappa shape index (κ2) is 8.27. The molecule has 1 N–H and O–H groups in total. The molecule has 1 aliphatic heterocycles. The fourth-order valence-electron chi connectivity index (χ4n) is 3.38. The molecule has 26 heavy (non-hydrogen) atoms.